The van der Waals surface area contributed by atoms with Gasteiger partial charge in [-0.2, -0.15) is 4.98 Å². The van der Waals surface area contributed by atoms with E-state index in [2.05, 4.69) is 44.6 Å². The van der Waals surface area contributed by atoms with Crippen molar-refractivity contribution in [1.82, 2.24) is 9.97 Å². The molecule has 0 atom stereocenters. The zero-order valence-corrected chi connectivity index (χ0v) is 20.9. The fourth-order valence-electron chi connectivity index (χ4n) is 5.53. The molecule has 0 radical (unpaired) electrons. The molecule has 1 amide bonds. The van der Waals surface area contributed by atoms with E-state index < -0.39 is 5.82 Å². The maximum Gasteiger partial charge on any atom is 0.247 e. The molecule has 8 heteroatoms. The molecule has 7 nitrogen and oxygen atoms in total. The summed E-state index contributed by atoms with van der Waals surface area (Å²) in [5.74, 6) is -0.588. The molecule has 6 rings (SSSR count). The third kappa shape index (κ3) is 5.97. The van der Waals surface area contributed by atoms with Gasteiger partial charge in [-0.3, -0.25) is 4.79 Å². The average molecular weight is 501 g/mol. The SMILES string of the molecule is C=CC(=O)Nc1cccc(Nc2nc(Nc3cccc(CCC45CCC(N)(CC4)CC5)c3)ncc2F)c1. The number of fused-ring (bicyclic) bond motifs is 3. The molecule has 0 saturated heterocycles. The van der Waals surface area contributed by atoms with Crippen molar-refractivity contribution >= 4 is 34.7 Å². The van der Waals surface area contributed by atoms with Crippen molar-refractivity contribution in [1.29, 1.82) is 0 Å². The fraction of sp³-hybridized carbons (Fsp3) is 0.345. The van der Waals surface area contributed by atoms with E-state index in [1.54, 1.807) is 24.3 Å². The predicted octanol–water partition coefficient (Wildman–Crippen LogP) is 6.21. The lowest BCUT2D eigenvalue weighted by atomic mass is 9.56. The molecular weight excluding hydrogens is 467 g/mol. The van der Waals surface area contributed by atoms with E-state index in [-0.39, 0.29) is 23.2 Å². The highest BCUT2D eigenvalue weighted by Gasteiger charge is 2.45. The van der Waals surface area contributed by atoms with Crippen LogP contribution in [0.25, 0.3) is 0 Å². The molecule has 3 aliphatic rings. The van der Waals surface area contributed by atoms with Crippen LogP contribution in [0.15, 0.2) is 67.4 Å². The molecule has 3 aliphatic carbocycles. The summed E-state index contributed by atoms with van der Waals surface area (Å²) < 4.78 is 14.5. The second-order valence-corrected chi connectivity index (χ2v) is 10.5. The van der Waals surface area contributed by atoms with E-state index in [1.807, 2.05) is 12.1 Å². The van der Waals surface area contributed by atoms with Crippen molar-refractivity contribution in [3.63, 3.8) is 0 Å². The van der Waals surface area contributed by atoms with Crippen molar-refractivity contribution in [3.05, 3.63) is 78.8 Å². The summed E-state index contributed by atoms with van der Waals surface area (Å²) in [6.45, 7) is 3.45. The van der Waals surface area contributed by atoms with E-state index >= 15 is 0 Å². The van der Waals surface area contributed by atoms with Gasteiger partial charge in [-0.25, -0.2) is 9.37 Å². The number of hydrogen-bond acceptors (Lipinski definition) is 6. The second-order valence-electron chi connectivity index (χ2n) is 10.5. The van der Waals surface area contributed by atoms with Gasteiger partial charge in [0.25, 0.3) is 0 Å². The van der Waals surface area contributed by atoms with Crippen LogP contribution in [0.1, 0.15) is 50.5 Å². The van der Waals surface area contributed by atoms with Gasteiger partial charge in [0, 0.05) is 22.6 Å². The quantitative estimate of drug-likeness (QED) is 0.260. The Hall–Kier alpha value is -3.78. The molecule has 3 saturated carbocycles. The molecule has 5 N–H and O–H groups in total. The van der Waals surface area contributed by atoms with Crippen molar-refractivity contribution in [3.8, 4) is 0 Å². The number of aryl methyl sites for hydroxylation is 1. The van der Waals surface area contributed by atoms with E-state index in [0.29, 0.717) is 16.8 Å². The van der Waals surface area contributed by atoms with Crippen LogP contribution >= 0.6 is 0 Å². The number of aromatic nitrogens is 2. The van der Waals surface area contributed by atoms with Crippen molar-refractivity contribution < 1.29 is 9.18 Å². The molecule has 2 bridgehead atoms. The zero-order valence-electron chi connectivity index (χ0n) is 20.9. The van der Waals surface area contributed by atoms with Gasteiger partial charge in [0.2, 0.25) is 11.9 Å². The van der Waals surface area contributed by atoms with Gasteiger partial charge in [0.05, 0.1) is 6.20 Å². The molecule has 1 heterocycles. The number of nitrogens with zero attached hydrogens (tertiary/aromatic N) is 2. The van der Waals surface area contributed by atoms with Crippen molar-refractivity contribution in [2.75, 3.05) is 16.0 Å². The summed E-state index contributed by atoms with van der Waals surface area (Å²) in [4.78, 5) is 20.0. The standard InChI is InChI=1S/C29H33FN6O/c1-2-25(37)33-22-7-4-8-23(18-22)34-26-24(30)19-32-27(36-26)35-21-6-3-5-20(17-21)9-10-28-11-14-29(31,15-12-28)16-13-28/h2-8,17-19H,1,9-16,31H2,(H,33,37)(H2,32,34,35,36). The summed E-state index contributed by atoms with van der Waals surface area (Å²) in [5.41, 5.74) is 10.3. The highest BCUT2D eigenvalue weighted by Crippen LogP contribution is 2.53. The number of benzene rings is 2. The third-order valence-electron chi connectivity index (χ3n) is 7.91. The number of carbonyl (C=O) groups excluding carboxylic acids is 1. The number of rotatable bonds is 9. The Morgan fingerprint density at radius 3 is 2.41 bits per heavy atom. The number of hydrogen-bond donors (Lipinski definition) is 4. The number of amides is 1. The molecule has 3 aromatic rings. The molecule has 1 aromatic heterocycles. The van der Waals surface area contributed by atoms with Crippen LogP contribution in [-0.4, -0.2) is 21.4 Å². The van der Waals surface area contributed by atoms with Gasteiger partial charge in [-0.15, -0.1) is 0 Å². The molecule has 192 valence electrons. The summed E-state index contributed by atoms with van der Waals surface area (Å²) in [5, 5.41) is 8.85. The topological polar surface area (TPSA) is 105 Å². The number of carbonyl (C=O) groups is 1. The monoisotopic (exact) mass is 500 g/mol. The largest absolute Gasteiger partial charge is 0.338 e. The lowest BCUT2D eigenvalue weighted by molar-refractivity contribution is -0.111. The second kappa shape index (κ2) is 10.3. The summed E-state index contributed by atoms with van der Waals surface area (Å²) in [6.07, 6.45) is 11.7. The Labute approximate surface area is 216 Å². The van der Waals surface area contributed by atoms with Crippen molar-refractivity contribution in [2.24, 2.45) is 11.1 Å². The van der Waals surface area contributed by atoms with Gasteiger partial charge < -0.3 is 21.7 Å². The van der Waals surface area contributed by atoms with E-state index in [9.17, 15) is 9.18 Å². The first-order chi connectivity index (χ1) is 17.8. The fourth-order valence-corrected chi connectivity index (χ4v) is 5.53. The first kappa shape index (κ1) is 24.9. The Kier molecular flexibility index (Phi) is 6.93. The van der Waals surface area contributed by atoms with E-state index in [4.69, 9.17) is 5.73 Å². The number of anilines is 5. The maximum atomic E-state index is 14.5. The lowest BCUT2D eigenvalue weighted by Gasteiger charge is -2.52. The molecule has 0 spiro atoms. The highest BCUT2D eigenvalue weighted by molar-refractivity contribution is 5.99. The molecule has 3 fully saturated rings. The van der Waals surface area contributed by atoms with Crippen LogP contribution in [-0.2, 0) is 11.2 Å². The molecule has 0 unspecified atom stereocenters. The minimum atomic E-state index is -0.583. The van der Waals surface area contributed by atoms with Crippen LogP contribution in [0.4, 0.5) is 33.2 Å². The van der Waals surface area contributed by atoms with Crippen LogP contribution in [0.2, 0.25) is 0 Å². The maximum absolute atomic E-state index is 14.5. The summed E-state index contributed by atoms with van der Waals surface area (Å²) in [7, 11) is 0. The molecular formula is C29H33FN6O. The highest BCUT2D eigenvalue weighted by atomic mass is 19.1. The third-order valence-corrected chi connectivity index (χ3v) is 7.91. The Balaban J connectivity index is 1.24. The van der Waals surface area contributed by atoms with Crippen molar-refractivity contribution in [2.45, 2.75) is 56.9 Å². The van der Waals surface area contributed by atoms with E-state index in [0.717, 1.165) is 37.6 Å². The van der Waals surface area contributed by atoms with Crippen LogP contribution in [0.5, 0.6) is 0 Å². The Morgan fingerprint density at radius 2 is 1.68 bits per heavy atom. The average Bonchev–Trinajstić information content (AvgIpc) is 2.91. The number of nitrogens with one attached hydrogen (secondary N) is 3. The van der Waals surface area contributed by atoms with Crippen LogP contribution in [0.3, 0.4) is 0 Å². The Bertz CT molecular complexity index is 1280. The first-order valence-corrected chi connectivity index (χ1v) is 12.8. The van der Waals surface area contributed by atoms with Gasteiger partial charge >= 0.3 is 0 Å². The predicted molar refractivity (Wildman–Crippen MR) is 146 cm³/mol. The first-order valence-electron chi connectivity index (χ1n) is 12.8. The summed E-state index contributed by atoms with van der Waals surface area (Å²) in [6, 6.07) is 15.2. The Morgan fingerprint density at radius 1 is 1.00 bits per heavy atom. The van der Waals surface area contributed by atoms with Crippen LogP contribution in [0, 0.1) is 11.2 Å². The van der Waals surface area contributed by atoms with Gasteiger partial charge in [0.15, 0.2) is 11.6 Å². The number of nitrogens with two attached hydrogens (primary N) is 1. The minimum Gasteiger partial charge on any atom is -0.338 e. The van der Waals surface area contributed by atoms with Gasteiger partial charge in [-0.05, 0) is 98.8 Å². The number of halogens is 1. The summed E-state index contributed by atoms with van der Waals surface area (Å²) >= 11 is 0. The molecule has 2 aromatic carbocycles. The van der Waals surface area contributed by atoms with Gasteiger partial charge in [-0.1, -0.05) is 24.8 Å². The van der Waals surface area contributed by atoms with E-state index in [1.165, 1.54) is 37.3 Å². The minimum absolute atomic E-state index is 0.0329. The lowest BCUT2D eigenvalue weighted by Crippen LogP contribution is -2.51. The van der Waals surface area contributed by atoms with Gasteiger partial charge in [0.1, 0.15) is 0 Å². The zero-order chi connectivity index (χ0) is 25.9. The molecule has 0 aliphatic heterocycles. The smallest absolute Gasteiger partial charge is 0.247 e. The van der Waals surface area contributed by atoms with Crippen LogP contribution < -0.4 is 21.7 Å². The molecule has 37 heavy (non-hydrogen) atoms. The normalized spacial score (nSPS) is 22.3.